The number of halogens is 2. The van der Waals surface area contributed by atoms with Crippen LogP contribution in [0.25, 0.3) is 0 Å². The number of benzene rings is 2. The van der Waals surface area contributed by atoms with Crippen molar-refractivity contribution >= 4 is 23.4 Å². The zero-order valence-electron chi connectivity index (χ0n) is 16.0. The van der Waals surface area contributed by atoms with Crippen molar-refractivity contribution in [3.8, 4) is 0 Å². The maximum atomic E-state index is 13.2. The lowest BCUT2D eigenvalue weighted by atomic mass is 10.1. The van der Waals surface area contributed by atoms with Gasteiger partial charge in [0.25, 0.3) is 0 Å². The number of carbonyl (C=O) groups excluding carboxylic acids is 2. The summed E-state index contributed by atoms with van der Waals surface area (Å²) in [6.07, 6.45) is 0.133. The monoisotopic (exact) mass is 406 g/mol. The molecule has 0 saturated carbocycles. The number of hydrogen-bond acceptors (Lipinski definition) is 3. The number of methoxy groups -OCH3 is 1. The fraction of sp³-hybridized carbons (Fsp3) is 0.333. The molecular weight excluding hydrogens is 383 g/mol. The highest BCUT2D eigenvalue weighted by Gasteiger charge is 2.26. The van der Waals surface area contributed by atoms with E-state index in [1.807, 2.05) is 0 Å². The van der Waals surface area contributed by atoms with Gasteiger partial charge in [0.1, 0.15) is 11.9 Å². The molecule has 0 heterocycles. The van der Waals surface area contributed by atoms with Gasteiger partial charge in [-0.15, -0.1) is 0 Å². The van der Waals surface area contributed by atoms with E-state index in [4.69, 9.17) is 16.3 Å². The Morgan fingerprint density at radius 3 is 2.32 bits per heavy atom. The Morgan fingerprint density at radius 2 is 1.71 bits per heavy atom. The minimum atomic E-state index is -0.693. The third kappa shape index (κ3) is 6.62. The van der Waals surface area contributed by atoms with Gasteiger partial charge >= 0.3 is 0 Å². The van der Waals surface area contributed by atoms with Crippen LogP contribution < -0.4 is 5.32 Å². The summed E-state index contributed by atoms with van der Waals surface area (Å²) in [6.45, 7) is 2.61. The number of amides is 2. The zero-order valence-corrected chi connectivity index (χ0v) is 16.7. The molecule has 0 bridgehead atoms. The van der Waals surface area contributed by atoms with E-state index in [0.717, 1.165) is 11.1 Å². The average Bonchev–Trinajstić information content (AvgIpc) is 2.68. The smallest absolute Gasteiger partial charge is 0.242 e. The van der Waals surface area contributed by atoms with Crippen molar-refractivity contribution in [1.29, 1.82) is 0 Å². The van der Waals surface area contributed by atoms with E-state index in [1.165, 1.54) is 17.0 Å². The number of nitrogens with zero attached hydrogens (tertiary/aromatic N) is 1. The largest absolute Gasteiger partial charge is 0.383 e. The molecule has 0 radical (unpaired) electrons. The standard InChI is InChI=1S/C21H24ClFN2O3/c1-15(21(27)24-11-12-28-2)25(14-17-5-9-19(23)10-6-17)20(26)13-16-3-7-18(22)8-4-16/h3-10,15H,11-14H2,1-2H3,(H,24,27)/t15-/m0/s1. The second-order valence-electron chi connectivity index (χ2n) is 6.41. The SMILES string of the molecule is COCCNC(=O)[C@H](C)N(Cc1ccc(F)cc1)C(=O)Cc1ccc(Cl)cc1. The molecule has 2 aromatic rings. The highest BCUT2D eigenvalue weighted by atomic mass is 35.5. The molecule has 1 atom stereocenters. The van der Waals surface area contributed by atoms with E-state index >= 15 is 0 Å². The molecule has 2 aromatic carbocycles. The second kappa shape index (κ2) is 10.8. The Balaban J connectivity index is 2.15. The molecule has 2 amide bonds. The van der Waals surface area contributed by atoms with Gasteiger partial charge in [0.15, 0.2) is 0 Å². The van der Waals surface area contributed by atoms with Gasteiger partial charge in [0.05, 0.1) is 13.0 Å². The molecule has 0 aliphatic rings. The third-order valence-electron chi connectivity index (χ3n) is 4.31. The predicted molar refractivity (Wildman–Crippen MR) is 106 cm³/mol. The van der Waals surface area contributed by atoms with Crippen molar-refractivity contribution in [3.63, 3.8) is 0 Å². The molecule has 7 heteroatoms. The van der Waals surface area contributed by atoms with Crippen LogP contribution in [0.5, 0.6) is 0 Å². The van der Waals surface area contributed by atoms with Crippen molar-refractivity contribution in [2.45, 2.75) is 25.9 Å². The predicted octanol–water partition coefficient (Wildman–Crippen LogP) is 3.20. The van der Waals surface area contributed by atoms with Crippen molar-refractivity contribution in [2.75, 3.05) is 20.3 Å². The summed E-state index contributed by atoms with van der Waals surface area (Å²) < 4.78 is 18.1. The van der Waals surface area contributed by atoms with E-state index in [0.29, 0.717) is 18.2 Å². The second-order valence-corrected chi connectivity index (χ2v) is 6.85. The Hall–Kier alpha value is -2.44. The zero-order chi connectivity index (χ0) is 20.5. The van der Waals surface area contributed by atoms with Crippen LogP contribution >= 0.6 is 11.6 Å². The van der Waals surface area contributed by atoms with Crippen LogP contribution in [-0.2, 0) is 27.3 Å². The van der Waals surface area contributed by atoms with E-state index in [-0.39, 0.29) is 30.6 Å². The van der Waals surface area contributed by atoms with E-state index in [1.54, 1.807) is 50.4 Å². The summed E-state index contributed by atoms with van der Waals surface area (Å²) in [6, 6.07) is 12.2. The molecule has 0 aliphatic carbocycles. The summed E-state index contributed by atoms with van der Waals surface area (Å²) in [5, 5.41) is 3.34. The van der Waals surface area contributed by atoms with E-state index in [2.05, 4.69) is 5.32 Å². The van der Waals surface area contributed by atoms with Crippen LogP contribution in [0, 0.1) is 5.82 Å². The van der Waals surface area contributed by atoms with Gasteiger partial charge in [-0.3, -0.25) is 9.59 Å². The first-order valence-electron chi connectivity index (χ1n) is 8.95. The lowest BCUT2D eigenvalue weighted by molar-refractivity contribution is -0.140. The maximum absolute atomic E-state index is 13.2. The van der Waals surface area contributed by atoms with E-state index in [9.17, 15) is 14.0 Å². The van der Waals surface area contributed by atoms with Crippen molar-refractivity contribution in [1.82, 2.24) is 10.2 Å². The molecule has 0 aliphatic heterocycles. The normalized spacial score (nSPS) is 11.7. The van der Waals surface area contributed by atoms with Crippen LogP contribution in [0.1, 0.15) is 18.1 Å². The lowest BCUT2D eigenvalue weighted by Gasteiger charge is -2.29. The molecule has 0 spiro atoms. The molecule has 28 heavy (non-hydrogen) atoms. The highest BCUT2D eigenvalue weighted by Crippen LogP contribution is 2.15. The topological polar surface area (TPSA) is 58.6 Å². The summed E-state index contributed by atoms with van der Waals surface area (Å²) in [5.74, 6) is -0.835. The van der Waals surface area contributed by atoms with Gasteiger partial charge in [0.2, 0.25) is 11.8 Å². The van der Waals surface area contributed by atoms with Crippen LogP contribution in [0.3, 0.4) is 0 Å². The quantitative estimate of drug-likeness (QED) is 0.650. The summed E-state index contributed by atoms with van der Waals surface area (Å²) in [5.41, 5.74) is 1.54. The molecule has 0 saturated heterocycles. The van der Waals surface area contributed by atoms with Crippen molar-refractivity contribution in [3.05, 3.63) is 70.5 Å². The first kappa shape index (κ1) is 21.9. The van der Waals surface area contributed by atoms with Crippen LogP contribution in [0.15, 0.2) is 48.5 Å². The van der Waals surface area contributed by atoms with Gasteiger partial charge in [-0.25, -0.2) is 4.39 Å². The molecule has 1 N–H and O–H groups in total. The molecule has 0 aromatic heterocycles. The first-order valence-corrected chi connectivity index (χ1v) is 9.33. The molecule has 0 fully saturated rings. The molecule has 2 rings (SSSR count). The molecule has 0 unspecified atom stereocenters. The Labute approximate surface area is 169 Å². The minimum absolute atomic E-state index is 0.133. The van der Waals surface area contributed by atoms with Gasteiger partial charge in [-0.1, -0.05) is 35.9 Å². The third-order valence-corrected chi connectivity index (χ3v) is 4.56. The number of hydrogen-bond donors (Lipinski definition) is 1. The van der Waals surface area contributed by atoms with Crippen molar-refractivity contribution in [2.24, 2.45) is 0 Å². The number of carbonyl (C=O) groups is 2. The minimum Gasteiger partial charge on any atom is -0.383 e. The Bertz CT molecular complexity index is 781. The van der Waals surface area contributed by atoms with Gasteiger partial charge in [-0.2, -0.15) is 0 Å². The van der Waals surface area contributed by atoms with Crippen LogP contribution in [0.2, 0.25) is 5.02 Å². The summed E-state index contributed by atoms with van der Waals surface area (Å²) in [4.78, 5) is 26.9. The molecule has 150 valence electrons. The lowest BCUT2D eigenvalue weighted by Crippen LogP contribution is -2.48. The molecular formula is C21H24ClFN2O3. The Morgan fingerprint density at radius 1 is 1.11 bits per heavy atom. The van der Waals surface area contributed by atoms with E-state index < -0.39 is 6.04 Å². The first-order chi connectivity index (χ1) is 13.4. The van der Waals surface area contributed by atoms with Gasteiger partial charge < -0.3 is 15.0 Å². The fourth-order valence-corrected chi connectivity index (χ4v) is 2.80. The summed E-state index contributed by atoms with van der Waals surface area (Å²) >= 11 is 5.89. The number of nitrogens with one attached hydrogen (secondary N) is 1. The van der Waals surface area contributed by atoms with Crippen LogP contribution in [-0.4, -0.2) is 43.0 Å². The molecule has 5 nitrogen and oxygen atoms in total. The number of rotatable bonds is 9. The van der Waals surface area contributed by atoms with Crippen LogP contribution in [0.4, 0.5) is 4.39 Å². The highest BCUT2D eigenvalue weighted by molar-refractivity contribution is 6.30. The van der Waals surface area contributed by atoms with Gasteiger partial charge in [0, 0.05) is 25.2 Å². The number of ether oxygens (including phenoxy) is 1. The van der Waals surface area contributed by atoms with Crippen molar-refractivity contribution < 1.29 is 18.7 Å². The summed E-state index contributed by atoms with van der Waals surface area (Å²) in [7, 11) is 1.55. The van der Waals surface area contributed by atoms with Gasteiger partial charge in [-0.05, 0) is 42.3 Å². The fourth-order valence-electron chi connectivity index (χ4n) is 2.67. The maximum Gasteiger partial charge on any atom is 0.242 e. The average molecular weight is 407 g/mol. The Kier molecular flexibility index (Phi) is 8.42.